The summed E-state index contributed by atoms with van der Waals surface area (Å²) in [6, 6.07) is 3.49. The molecule has 0 saturated heterocycles. The second-order valence-corrected chi connectivity index (χ2v) is 6.93. The van der Waals surface area contributed by atoms with Gasteiger partial charge in [-0.05, 0) is 37.8 Å². The molecule has 1 saturated carbocycles. The Morgan fingerprint density at radius 1 is 1.47 bits per heavy atom. The summed E-state index contributed by atoms with van der Waals surface area (Å²) in [4.78, 5) is 4.05. The Balaban J connectivity index is 2.22. The van der Waals surface area contributed by atoms with Crippen molar-refractivity contribution in [3.8, 4) is 0 Å². The van der Waals surface area contributed by atoms with Gasteiger partial charge in [0, 0.05) is 26.3 Å². The van der Waals surface area contributed by atoms with Gasteiger partial charge < -0.3 is 5.32 Å². The van der Waals surface area contributed by atoms with Crippen LogP contribution in [0.4, 0.5) is 5.69 Å². The molecule has 0 radical (unpaired) electrons. The maximum Gasteiger partial charge on any atom is 0.262 e. The SMILES string of the molecule is CCNc1cccnc1S(=O)(=O)N(C)CC1CCC1. The van der Waals surface area contributed by atoms with E-state index in [2.05, 4.69) is 10.3 Å². The van der Waals surface area contributed by atoms with Gasteiger partial charge in [-0.2, -0.15) is 4.31 Å². The van der Waals surface area contributed by atoms with E-state index in [1.807, 2.05) is 6.92 Å². The van der Waals surface area contributed by atoms with Gasteiger partial charge in [0.1, 0.15) is 0 Å². The monoisotopic (exact) mass is 283 g/mol. The lowest BCUT2D eigenvalue weighted by Crippen LogP contribution is -2.35. The summed E-state index contributed by atoms with van der Waals surface area (Å²) in [6.45, 7) is 3.19. The fraction of sp³-hybridized carbons (Fsp3) is 0.615. The molecule has 1 aliphatic carbocycles. The molecule has 0 atom stereocenters. The Bertz CT molecular complexity index is 526. The number of pyridine rings is 1. The summed E-state index contributed by atoms with van der Waals surface area (Å²) in [5, 5.41) is 3.17. The highest BCUT2D eigenvalue weighted by Crippen LogP contribution is 2.29. The molecule has 5 nitrogen and oxygen atoms in total. The minimum atomic E-state index is -3.50. The van der Waals surface area contributed by atoms with E-state index < -0.39 is 10.0 Å². The average Bonchev–Trinajstić information content (AvgIpc) is 2.34. The van der Waals surface area contributed by atoms with E-state index in [0.29, 0.717) is 24.7 Å². The zero-order chi connectivity index (χ0) is 13.9. The highest BCUT2D eigenvalue weighted by molar-refractivity contribution is 7.89. The normalized spacial score (nSPS) is 16.4. The minimum Gasteiger partial charge on any atom is -0.383 e. The molecule has 1 aliphatic rings. The second kappa shape index (κ2) is 5.88. The van der Waals surface area contributed by atoms with E-state index in [9.17, 15) is 8.42 Å². The molecule has 0 unspecified atom stereocenters. The Morgan fingerprint density at radius 2 is 2.21 bits per heavy atom. The van der Waals surface area contributed by atoms with Crippen molar-refractivity contribution in [1.29, 1.82) is 0 Å². The molecule has 19 heavy (non-hydrogen) atoms. The summed E-state index contributed by atoms with van der Waals surface area (Å²) in [6.07, 6.45) is 4.99. The van der Waals surface area contributed by atoms with E-state index in [4.69, 9.17) is 0 Å². The van der Waals surface area contributed by atoms with E-state index in [1.54, 1.807) is 19.2 Å². The van der Waals surface area contributed by atoms with Crippen molar-refractivity contribution in [2.24, 2.45) is 5.92 Å². The highest BCUT2D eigenvalue weighted by Gasteiger charge is 2.29. The van der Waals surface area contributed by atoms with Gasteiger partial charge in [-0.25, -0.2) is 13.4 Å². The van der Waals surface area contributed by atoms with Gasteiger partial charge in [-0.3, -0.25) is 0 Å². The van der Waals surface area contributed by atoms with Crippen LogP contribution >= 0.6 is 0 Å². The van der Waals surface area contributed by atoms with Gasteiger partial charge in [0.15, 0.2) is 5.03 Å². The van der Waals surface area contributed by atoms with Crippen LogP contribution < -0.4 is 5.32 Å². The van der Waals surface area contributed by atoms with Crippen LogP contribution in [-0.4, -0.2) is 37.8 Å². The van der Waals surface area contributed by atoms with Gasteiger partial charge in [-0.15, -0.1) is 0 Å². The van der Waals surface area contributed by atoms with Gasteiger partial charge >= 0.3 is 0 Å². The van der Waals surface area contributed by atoms with Gasteiger partial charge in [0.25, 0.3) is 10.0 Å². The van der Waals surface area contributed by atoms with E-state index in [-0.39, 0.29) is 5.03 Å². The molecule has 1 N–H and O–H groups in total. The lowest BCUT2D eigenvalue weighted by Gasteiger charge is -2.29. The van der Waals surface area contributed by atoms with E-state index in [0.717, 1.165) is 12.8 Å². The van der Waals surface area contributed by atoms with Crippen molar-refractivity contribution < 1.29 is 8.42 Å². The molecular formula is C13H21N3O2S. The standard InChI is InChI=1S/C13H21N3O2S/c1-3-14-12-8-5-9-15-13(12)19(17,18)16(2)10-11-6-4-7-11/h5,8-9,11,14H,3-4,6-7,10H2,1-2H3. The molecule has 1 aromatic heterocycles. The van der Waals surface area contributed by atoms with Crippen LogP contribution in [0.5, 0.6) is 0 Å². The van der Waals surface area contributed by atoms with Gasteiger partial charge in [0.2, 0.25) is 0 Å². The zero-order valence-corrected chi connectivity index (χ0v) is 12.3. The summed E-state index contributed by atoms with van der Waals surface area (Å²) >= 11 is 0. The molecule has 1 aromatic rings. The predicted octanol–water partition coefficient (Wildman–Crippen LogP) is 1.93. The van der Waals surface area contributed by atoms with Crippen LogP contribution in [0.1, 0.15) is 26.2 Å². The Morgan fingerprint density at radius 3 is 2.79 bits per heavy atom. The summed E-state index contributed by atoms with van der Waals surface area (Å²) < 4.78 is 26.5. The highest BCUT2D eigenvalue weighted by atomic mass is 32.2. The Labute approximate surface area is 115 Å². The third kappa shape index (κ3) is 3.06. The number of anilines is 1. The molecule has 0 spiro atoms. The van der Waals surface area contributed by atoms with Crippen LogP contribution in [0, 0.1) is 5.92 Å². The number of nitrogens with zero attached hydrogens (tertiary/aromatic N) is 2. The summed E-state index contributed by atoms with van der Waals surface area (Å²) in [5.74, 6) is 0.506. The first kappa shape index (κ1) is 14.3. The van der Waals surface area contributed by atoms with E-state index in [1.165, 1.54) is 16.9 Å². The zero-order valence-electron chi connectivity index (χ0n) is 11.5. The molecule has 1 heterocycles. The Hall–Kier alpha value is -1.14. The van der Waals surface area contributed by atoms with Crippen LogP contribution in [0.25, 0.3) is 0 Å². The number of aromatic nitrogens is 1. The van der Waals surface area contributed by atoms with Crippen molar-refractivity contribution >= 4 is 15.7 Å². The van der Waals surface area contributed by atoms with Crippen LogP contribution in [0.15, 0.2) is 23.4 Å². The maximum absolute atomic E-state index is 12.5. The quantitative estimate of drug-likeness (QED) is 0.866. The first-order valence-electron chi connectivity index (χ1n) is 6.71. The van der Waals surface area contributed by atoms with Crippen LogP contribution in [0.3, 0.4) is 0 Å². The molecule has 0 bridgehead atoms. The van der Waals surface area contributed by atoms with Crippen LogP contribution in [0.2, 0.25) is 0 Å². The topological polar surface area (TPSA) is 62.3 Å². The number of hydrogen-bond acceptors (Lipinski definition) is 4. The van der Waals surface area contributed by atoms with Crippen molar-refractivity contribution in [2.75, 3.05) is 25.5 Å². The first-order chi connectivity index (χ1) is 9.05. The third-order valence-electron chi connectivity index (χ3n) is 3.53. The lowest BCUT2D eigenvalue weighted by molar-refractivity contribution is 0.262. The number of hydrogen-bond donors (Lipinski definition) is 1. The van der Waals surface area contributed by atoms with Crippen molar-refractivity contribution in [1.82, 2.24) is 9.29 Å². The maximum atomic E-state index is 12.5. The molecule has 2 rings (SSSR count). The van der Waals surface area contributed by atoms with E-state index >= 15 is 0 Å². The number of sulfonamides is 1. The lowest BCUT2D eigenvalue weighted by atomic mass is 9.86. The Kier molecular flexibility index (Phi) is 4.42. The van der Waals surface area contributed by atoms with Gasteiger partial charge in [0.05, 0.1) is 5.69 Å². The summed E-state index contributed by atoms with van der Waals surface area (Å²) in [5.41, 5.74) is 0.574. The van der Waals surface area contributed by atoms with Crippen molar-refractivity contribution in [3.63, 3.8) is 0 Å². The molecule has 6 heteroatoms. The fourth-order valence-corrected chi connectivity index (χ4v) is 3.52. The molecular weight excluding hydrogens is 262 g/mol. The molecule has 106 valence electrons. The van der Waals surface area contributed by atoms with Crippen molar-refractivity contribution in [2.45, 2.75) is 31.2 Å². The molecule has 0 aliphatic heterocycles. The average molecular weight is 283 g/mol. The molecule has 1 fully saturated rings. The third-order valence-corrected chi connectivity index (χ3v) is 5.32. The fourth-order valence-electron chi connectivity index (χ4n) is 2.21. The smallest absolute Gasteiger partial charge is 0.262 e. The molecule has 0 aromatic carbocycles. The number of rotatable bonds is 6. The van der Waals surface area contributed by atoms with Crippen molar-refractivity contribution in [3.05, 3.63) is 18.3 Å². The number of nitrogens with one attached hydrogen (secondary N) is 1. The summed E-state index contributed by atoms with van der Waals surface area (Å²) in [7, 11) is -1.87. The minimum absolute atomic E-state index is 0.124. The first-order valence-corrected chi connectivity index (χ1v) is 8.15. The van der Waals surface area contributed by atoms with Crippen LogP contribution in [-0.2, 0) is 10.0 Å². The second-order valence-electron chi connectivity index (χ2n) is 4.97. The van der Waals surface area contributed by atoms with Gasteiger partial charge in [-0.1, -0.05) is 6.42 Å². The molecule has 0 amide bonds. The predicted molar refractivity (Wildman–Crippen MR) is 75.6 cm³/mol. The largest absolute Gasteiger partial charge is 0.383 e.